The molecule has 4 rings (SSSR count). The zero-order valence-corrected chi connectivity index (χ0v) is 17.8. The van der Waals surface area contributed by atoms with Crippen LogP contribution in [-0.4, -0.2) is 63.7 Å². The average Bonchev–Trinajstić information content (AvgIpc) is 2.79. The van der Waals surface area contributed by atoms with E-state index < -0.39 is 0 Å². The molecule has 1 atom stereocenters. The van der Waals surface area contributed by atoms with E-state index >= 15 is 0 Å². The van der Waals surface area contributed by atoms with Gasteiger partial charge in [0.1, 0.15) is 5.75 Å². The molecule has 0 spiro atoms. The Bertz CT molecular complexity index is 750. The van der Waals surface area contributed by atoms with Crippen molar-refractivity contribution in [1.82, 2.24) is 19.8 Å². The molecule has 6 heteroatoms. The minimum atomic E-state index is 0.271. The highest BCUT2D eigenvalue weighted by Crippen LogP contribution is 2.27. The van der Waals surface area contributed by atoms with E-state index in [-0.39, 0.29) is 6.61 Å². The first-order chi connectivity index (χ1) is 14.8. The van der Waals surface area contributed by atoms with Crippen molar-refractivity contribution in [3.8, 4) is 11.8 Å². The Morgan fingerprint density at radius 3 is 2.50 bits per heavy atom. The van der Waals surface area contributed by atoms with Crippen LogP contribution < -0.4 is 4.74 Å². The standard InChI is InChI=1S/C24H34N4O2/c29-16-11-22-19-27(14-15-28(22)18-20-5-2-1-3-6-20)17-21-7-9-23(10-8-21)30-24-25-12-4-13-26-24/h4,7-10,12-13,20,22,29H,1-3,5-6,11,14-19H2. The van der Waals surface area contributed by atoms with Gasteiger partial charge in [-0.05, 0) is 48.9 Å². The van der Waals surface area contributed by atoms with E-state index in [1.165, 1.54) is 44.2 Å². The van der Waals surface area contributed by atoms with E-state index in [0.717, 1.165) is 44.3 Å². The Balaban J connectivity index is 1.30. The summed E-state index contributed by atoms with van der Waals surface area (Å²) in [6.45, 7) is 5.64. The van der Waals surface area contributed by atoms with Crippen LogP contribution in [0.25, 0.3) is 0 Å². The van der Waals surface area contributed by atoms with Crippen molar-refractivity contribution < 1.29 is 9.84 Å². The van der Waals surface area contributed by atoms with Gasteiger partial charge >= 0.3 is 6.01 Å². The maximum absolute atomic E-state index is 9.60. The van der Waals surface area contributed by atoms with E-state index in [9.17, 15) is 5.11 Å². The first kappa shape index (κ1) is 21.2. The van der Waals surface area contributed by atoms with Gasteiger partial charge in [0.15, 0.2) is 0 Å². The first-order valence-electron chi connectivity index (χ1n) is 11.4. The fraction of sp³-hybridized carbons (Fsp3) is 0.583. The largest absolute Gasteiger partial charge is 0.424 e. The van der Waals surface area contributed by atoms with Crippen molar-refractivity contribution in [1.29, 1.82) is 0 Å². The summed E-state index contributed by atoms with van der Waals surface area (Å²) in [7, 11) is 0. The van der Waals surface area contributed by atoms with Crippen molar-refractivity contribution >= 4 is 0 Å². The number of ether oxygens (including phenoxy) is 1. The molecule has 2 aromatic rings. The molecule has 1 saturated carbocycles. The lowest BCUT2D eigenvalue weighted by molar-refractivity contribution is 0.0400. The minimum Gasteiger partial charge on any atom is -0.424 e. The van der Waals surface area contributed by atoms with E-state index in [4.69, 9.17) is 4.74 Å². The van der Waals surface area contributed by atoms with Crippen molar-refractivity contribution in [2.24, 2.45) is 5.92 Å². The average molecular weight is 411 g/mol. The summed E-state index contributed by atoms with van der Waals surface area (Å²) in [4.78, 5) is 13.4. The number of hydrogen-bond donors (Lipinski definition) is 1. The van der Waals surface area contributed by atoms with Crippen LogP contribution in [0, 0.1) is 5.92 Å². The first-order valence-corrected chi connectivity index (χ1v) is 11.4. The topological polar surface area (TPSA) is 61.7 Å². The molecule has 0 radical (unpaired) electrons. The van der Waals surface area contributed by atoms with Crippen LogP contribution in [-0.2, 0) is 6.54 Å². The number of hydrogen-bond acceptors (Lipinski definition) is 6. The molecule has 6 nitrogen and oxygen atoms in total. The van der Waals surface area contributed by atoms with Gasteiger partial charge in [-0.2, -0.15) is 0 Å². The van der Waals surface area contributed by atoms with Gasteiger partial charge < -0.3 is 9.84 Å². The zero-order valence-electron chi connectivity index (χ0n) is 17.8. The quantitative estimate of drug-likeness (QED) is 0.716. The SMILES string of the molecule is OCCC1CN(Cc2ccc(Oc3ncccn3)cc2)CCN1CC1CCCCC1. The van der Waals surface area contributed by atoms with Crippen molar-refractivity contribution in [2.75, 3.05) is 32.8 Å². The molecule has 162 valence electrons. The molecule has 2 aliphatic rings. The summed E-state index contributed by atoms with van der Waals surface area (Å²) >= 11 is 0. The lowest BCUT2D eigenvalue weighted by atomic mass is 9.88. The van der Waals surface area contributed by atoms with E-state index in [2.05, 4.69) is 31.9 Å². The monoisotopic (exact) mass is 410 g/mol. The van der Waals surface area contributed by atoms with Crippen LogP contribution in [0.2, 0.25) is 0 Å². The van der Waals surface area contributed by atoms with Gasteiger partial charge in [0.2, 0.25) is 0 Å². The van der Waals surface area contributed by atoms with E-state index in [0.29, 0.717) is 12.1 Å². The van der Waals surface area contributed by atoms with Gasteiger partial charge in [-0.15, -0.1) is 0 Å². The smallest absolute Gasteiger partial charge is 0.321 e. The predicted molar refractivity (Wildman–Crippen MR) is 117 cm³/mol. The molecule has 2 fully saturated rings. The second kappa shape index (κ2) is 10.8. The number of aliphatic hydroxyl groups excluding tert-OH is 1. The van der Waals surface area contributed by atoms with Gasteiger partial charge in [0.05, 0.1) is 0 Å². The fourth-order valence-corrected chi connectivity index (χ4v) is 4.83. The van der Waals surface area contributed by atoms with Crippen LogP contribution in [0.1, 0.15) is 44.1 Å². The van der Waals surface area contributed by atoms with Crippen molar-refractivity contribution in [3.63, 3.8) is 0 Å². The third kappa shape index (κ3) is 6.00. The van der Waals surface area contributed by atoms with Crippen LogP contribution >= 0.6 is 0 Å². The van der Waals surface area contributed by atoms with Gasteiger partial charge in [-0.1, -0.05) is 31.4 Å². The number of nitrogens with zero attached hydrogens (tertiary/aromatic N) is 4. The maximum atomic E-state index is 9.60. The maximum Gasteiger partial charge on any atom is 0.321 e. The third-order valence-electron chi connectivity index (χ3n) is 6.45. The molecule has 1 saturated heterocycles. The van der Waals surface area contributed by atoms with Gasteiger partial charge in [0.25, 0.3) is 0 Å². The van der Waals surface area contributed by atoms with Gasteiger partial charge in [-0.25, -0.2) is 9.97 Å². The Labute approximate surface area is 179 Å². The number of benzene rings is 1. The van der Waals surface area contributed by atoms with Crippen LogP contribution in [0.5, 0.6) is 11.8 Å². The van der Waals surface area contributed by atoms with Crippen molar-refractivity contribution in [3.05, 3.63) is 48.3 Å². The Morgan fingerprint density at radius 2 is 1.77 bits per heavy atom. The molecule has 0 bridgehead atoms. The van der Waals surface area contributed by atoms with Crippen molar-refractivity contribution in [2.45, 2.75) is 51.1 Å². The molecule has 1 aliphatic carbocycles. The van der Waals surface area contributed by atoms with Gasteiger partial charge in [0, 0.05) is 57.8 Å². The second-order valence-electron chi connectivity index (χ2n) is 8.68. The molecule has 0 amide bonds. The number of piperazine rings is 1. The summed E-state index contributed by atoms with van der Waals surface area (Å²) in [5, 5.41) is 9.60. The lowest BCUT2D eigenvalue weighted by Crippen LogP contribution is -2.54. The molecule has 1 aromatic heterocycles. The Morgan fingerprint density at radius 1 is 1.00 bits per heavy atom. The normalized spacial score (nSPS) is 21.6. The minimum absolute atomic E-state index is 0.271. The molecule has 2 heterocycles. The zero-order chi connectivity index (χ0) is 20.6. The molecular formula is C24H34N4O2. The number of aromatic nitrogens is 2. The Kier molecular flexibility index (Phi) is 7.67. The molecule has 1 N–H and O–H groups in total. The predicted octanol–water partition coefficient (Wildman–Crippen LogP) is 3.72. The summed E-state index contributed by atoms with van der Waals surface area (Å²) in [5.41, 5.74) is 1.28. The van der Waals surface area contributed by atoms with E-state index in [1.807, 2.05) is 12.1 Å². The van der Waals surface area contributed by atoms with Crippen LogP contribution in [0.4, 0.5) is 0 Å². The fourth-order valence-electron chi connectivity index (χ4n) is 4.83. The second-order valence-corrected chi connectivity index (χ2v) is 8.68. The lowest BCUT2D eigenvalue weighted by Gasteiger charge is -2.43. The summed E-state index contributed by atoms with van der Waals surface area (Å²) < 4.78 is 5.69. The molecule has 1 aromatic carbocycles. The van der Waals surface area contributed by atoms with Crippen LogP contribution in [0.15, 0.2) is 42.7 Å². The Hall–Kier alpha value is -2.02. The highest BCUT2D eigenvalue weighted by molar-refractivity contribution is 5.29. The highest BCUT2D eigenvalue weighted by atomic mass is 16.5. The number of aliphatic hydroxyl groups is 1. The van der Waals surface area contributed by atoms with E-state index in [1.54, 1.807) is 18.5 Å². The molecule has 30 heavy (non-hydrogen) atoms. The summed E-state index contributed by atoms with van der Waals surface area (Å²) in [6.07, 6.45) is 11.2. The molecule has 1 aliphatic heterocycles. The summed E-state index contributed by atoms with van der Waals surface area (Å²) in [6, 6.07) is 10.8. The summed E-state index contributed by atoms with van der Waals surface area (Å²) in [5.74, 6) is 1.60. The molecular weight excluding hydrogens is 376 g/mol. The van der Waals surface area contributed by atoms with Gasteiger partial charge in [-0.3, -0.25) is 9.80 Å². The third-order valence-corrected chi connectivity index (χ3v) is 6.45. The molecule has 1 unspecified atom stereocenters. The number of rotatable bonds is 8. The van der Waals surface area contributed by atoms with Crippen LogP contribution in [0.3, 0.4) is 0 Å². The highest BCUT2D eigenvalue weighted by Gasteiger charge is 2.28.